The largest absolute Gasteiger partial charge is 0.486 e. The molecule has 29 heavy (non-hydrogen) atoms. The lowest BCUT2D eigenvalue weighted by Crippen LogP contribution is -2.25. The van der Waals surface area contributed by atoms with Crippen LogP contribution in [0.3, 0.4) is 0 Å². The van der Waals surface area contributed by atoms with Crippen LogP contribution in [-0.4, -0.2) is 22.2 Å². The number of aryl methyl sites for hydroxylation is 5. The van der Waals surface area contributed by atoms with Crippen molar-refractivity contribution in [2.45, 2.75) is 52.7 Å². The summed E-state index contributed by atoms with van der Waals surface area (Å²) in [7, 11) is 0. The predicted molar refractivity (Wildman–Crippen MR) is 110 cm³/mol. The summed E-state index contributed by atoms with van der Waals surface area (Å²) in [6, 6.07) is 11.8. The van der Waals surface area contributed by atoms with Gasteiger partial charge in [0.15, 0.2) is 5.76 Å². The number of carbonyl (C=O) groups excluding carboxylic acids is 1. The zero-order chi connectivity index (χ0) is 20.2. The van der Waals surface area contributed by atoms with E-state index in [-0.39, 0.29) is 5.91 Å². The number of amides is 1. The van der Waals surface area contributed by atoms with Crippen LogP contribution in [0.1, 0.15) is 51.7 Å². The minimum atomic E-state index is -0.206. The molecule has 1 aliphatic carbocycles. The van der Waals surface area contributed by atoms with E-state index in [1.807, 2.05) is 30.7 Å². The molecule has 0 bridgehead atoms. The predicted octanol–water partition coefficient (Wildman–Crippen LogP) is 3.98. The van der Waals surface area contributed by atoms with Gasteiger partial charge in [0.25, 0.3) is 5.91 Å². The van der Waals surface area contributed by atoms with Gasteiger partial charge in [0, 0.05) is 18.8 Å². The molecule has 6 heteroatoms. The van der Waals surface area contributed by atoms with Crippen molar-refractivity contribution in [3.05, 3.63) is 70.4 Å². The van der Waals surface area contributed by atoms with Gasteiger partial charge < -0.3 is 14.5 Å². The summed E-state index contributed by atoms with van der Waals surface area (Å²) in [5.41, 5.74) is 4.94. The van der Waals surface area contributed by atoms with E-state index in [9.17, 15) is 4.79 Å². The Bertz CT molecular complexity index is 1000. The fourth-order valence-electron chi connectivity index (χ4n) is 3.79. The van der Waals surface area contributed by atoms with Crippen LogP contribution in [0.25, 0.3) is 0 Å². The quantitative estimate of drug-likeness (QED) is 0.588. The van der Waals surface area contributed by atoms with Crippen LogP contribution in [0.2, 0.25) is 0 Å². The molecule has 0 fully saturated rings. The SMILES string of the molecule is Cc1cc(C)n(CCCNC(=O)c2ccc(COc3ccc4c(c3)CCC4)o2)n1. The molecule has 0 atom stereocenters. The zero-order valence-corrected chi connectivity index (χ0v) is 17.0. The van der Waals surface area contributed by atoms with Gasteiger partial charge in [-0.3, -0.25) is 9.48 Å². The number of aromatic nitrogens is 2. The lowest BCUT2D eigenvalue weighted by Gasteiger charge is -2.07. The van der Waals surface area contributed by atoms with Gasteiger partial charge in [0.2, 0.25) is 0 Å². The maximum Gasteiger partial charge on any atom is 0.286 e. The second-order valence-electron chi connectivity index (χ2n) is 7.60. The fourth-order valence-corrected chi connectivity index (χ4v) is 3.79. The van der Waals surface area contributed by atoms with Crippen LogP contribution in [0.5, 0.6) is 5.75 Å². The molecule has 152 valence electrons. The highest BCUT2D eigenvalue weighted by molar-refractivity contribution is 5.91. The number of nitrogens with zero attached hydrogens (tertiary/aromatic N) is 2. The van der Waals surface area contributed by atoms with Crippen LogP contribution in [0.4, 0.5) is 0 Å². The molecule has 0 saturated carbocycles. The van der Waals surface area contributed by atoms with Crippen molar-refractivity contribution < 1.29 is 13.9 Å². The Morgan fingerprint density at radius 3 is 2.86 bits per heavy atom. The Morgan fingerprint density at radius 1 is 1.17 bits per heavy atom. The number of nitrogens with one attached hydrogen (secondary N) is 1. The molecule has 3 aromatic rings. The summed E-state index contributed by atoms with van der Waals surface area (Å²) < 4.78 is 13.4. The Hall–Kier alpha value is -3.02. The average molecular weight is 393 g/mol. The second kappa shape index (κ2) is 8.55. The maximum atomic E-state index is 12.3. The van der Waals surface area contributed by atoms with Crippen molar-refractivity contribution in [2.24, 2.45) is 0 Å². The van der Waals surface area contributed by atoms with Crippen molar-refractivity contribution in [3.8, 4) is 5.75 Å². The third kappa shape index (κ3) is 4.70. The smallest absolute Gasteiger partial charge is 0.286 e. The number of furan rings is 1. The molecule has 0 saturated heterocycles. The summed E-state index contributed by atoms with van der Waals surface area (Å²) in [4.78, 5) is 12.3. The standard InChI is InChI=1S/C23H27N3O3/c1-16-13-17(2)26(25-16)12-4-11-24-23(27)22-10-9-21(29-22)15-28-20-8-7-18-5-3-6-19(18)14-20/h7-10,13-14H,3-6,11-12,15H2,1-2H3,(H,24,27). The lowest BCUT2D eigenvalue weighted by atomic mass is 10.1. The van der Waals surface area contributed by atoms with E-state index >= 15 is 0 Å². The molecule has 0 unspecified atom stereocenters. The number of fused-ring (bicyclic) bond motifs is 1. The number of ether oxygens (including phenoxy) is 1. The van der Waals surface area contributed by atoms with E-state index in [4.69, 9.17) is 9.15 Å². The Kier molecular flexibility index (Phi) is 5.69. The molecule has 0 aliphatic heterocycles. The fraction of sp³-hybridized carbons (Fsp3) is 0.391. The van der Waals surface area contributed by atoms with Crippen molar-refractivity contribution in [3.63, 3.8) is 0 Å². The van der Waals surface area contributed by atoms with E-state index in [2.05, 4.69) is 22.5 Å². The molecule has 1 aromatic carbocycles. The number of benzene rings is 1. The van der Waals surface area contributed by atoms with Gasteiger partial charge in [0.05, 0.1) is 5.69 Å². The van der Waals surface area contributed by atoms with Crippen molar-refractivity contribution in [1.82, 2.24) is 15.1 Å². The summed E-state index contributed by atoms with van der Waals surface area (Å²) in [6.07, 6.45) is 4.31. The lowest BCUT2D eigenvalue weighted by molar-refractivity contribution is 0.0921. The topological polar surface area (TPSA) is 69.3 Å². The van der Waals surface area contributed by atoms with Gasteiger partial charge >= 0.3 is 0 Å². The van der Waals surface area contributed by atoms with Gasteiger partial charge in [0.1, 0.15) is 18.1 Å². The van der Waals surface area contributed by atoms with E-state index in [1.54, 1.807) is 12.1 Å². The first kappa shape index (κ1) is 19.3. The van der Waals surface area contributed by atoms with Crippen molar-refractivity contribution in [2.75, 3.05) is 6.54 Å². The van der Waals surface area contributed by atoms with E-state index in [0.29, 0.717) is 24.7 Å². The van der Waals surface area contributed by atoms with Crippen LogP contribution in [-0.2, 0) is 26.0 Å². The molecule has 0 spiro atoms. The first-order valence-corrected chi connectivity index (χ1v) is 10.2. The number of hydrogen-bond acceptors (Lipinski definition) is 4. The normalized spacial score (nSPS) is 12.8. The average Bonchev–Trinajstić information content (AvgIpc) is 3.43. The number of rotatable bonds is 8. The minimum absolute atomic E-state index is 0.206. The Labute approximate surface area is 170 Å². The third-order valence-electron chi connectivity index (χ3n) is 5.27. The van der Waals surface area contributed by atoms with Gasteiger partial charge in [-0.2, -0.15) is 5.10 Å². The molecule has 1 amide bonds. The second-order valence-corrected chi connectivity index (χ2v) is 7.60. The minimum Gasteiger partial charge on any atom is -0.486 e. The van der Waals surface area contributed by atoms with Gasteiger partial charge in [-0.25, -0.2) is 0 Å². The van der Waals surface area contributed by atoms with Crippen molar-refractivity contribution in [1.29, 1.82) is 0 Å². The summed E-state index contributed by atoms with van der Waals surface area (Å²) in [5, 5.41) is 7.32. The van der Waals surface area contributed by atoms with Gasteiger partial charge in [-0.05, 0) is 81.0 Å². The first-order chi connectivity index (χ1) is 14.1. The summed E-state index contributed by atoms with van der Waals surface area (Å²) in [5.74, 6) is 1.58. The maximum absolute atomic E-state index is 12.3. The number of carbonyl (C=O) groups is 1. The Balaban J connectivity index is 1.23. The van der Waals surface area contributed by atoms with Crippen LogP contribution >= 0.6 is 0 Å². The molecular weight excluding hydrogens is 366 g/mol. The highest BCUT2D eigenvalue weighted by Crippen LogP contribution is 2.26. The van der Waals surface area contributed by atoms with Crippen LogP contribution in [0.15, 0.2) is 40.8 Å². The van der Waals surface area contributed by atoms with E-state index in [0.717, 1.165) is 42.9 Å². The molecule has 0 radical (unpaired) electrons. The molecule has 2 aromatic heterocycles. The van der Waals surface area contributed by atoms with Crippen LogP contribution < -0.4 is 10.1 Å². The summed E-state index contributed by atoms with van der Waals surface area (Å²) in [6.45, 7) is 5.67. The number of hydrogen-bond donors (Lipinski definition) is 1. The molecule has 1 N–H and O–H groups in total. The molecule has 1 aliphatic rings. The summed E-state index contributed by atoms with van der Waals surface area (Å²) >= 11 is 0. The molecule has 6 nitrogen and oxygen atoms in total. The van der Waals surface area contributed by atoms with Gasteiger partial charge in [-0.15, -0.1) is 0 Å². The Morgan fingerprint density at radius 2 is 2.03 bits per heavy atom. The molecule has 2 heterocycles. The third-order valence-corrected chi connectivity index (χ3v) is 5.27. The van der Waals surface area contributed by atoms with E-state index < -0.39 is 0 Å². The highest BCUT2D eigenvalue weighted by atomic mass is 16.5. The van der Waals surface area contributed by atoms with E-state index in [1.165, 1.54) is 17.5 Å². The monoisotopic (exact) mass is 393 g/mol. The highest BCUT2D eigenvalue weighted by Gasteiger charge is 2.13. The molecular formula is C23H27N3O3. The zero-order valence-electron chi connectivity index (χ0n) is 17.0. The first-order valence-electron chi connectivity index (χ1n) is 10.2. The van der Waals surface area contributed by atoms with Gasteiger partial charge in [-0.1, -0.05) is 6.07 Å². The van der Waals surface area contributed by atoms with Crippen molar-refractivity contribution >= 4 is 5.91 Å². The molecule has 4 rings (SSSR count). The van der Waals surface area contributed by atoms with Crippen LogP contribution in [0, 0.1) is 13.8 Å².